The molecule has 2 aromatic rings. The van der Waals surface area contributed by atoms with Gasteiger partial charge in [-0.3, -0.25) is 10.8 Å². The van der Waals surface area contributed by atoms with Crippen LogP contribution < -0.4 is 11.3 Å². The highest BCUT2D eigenvalue weighted by molar-refractivity contribution is 6.35. The van der Waals surface area contributed by atoms with Crippen LogP contribution in [0.25, 0.3) is 0 Å². The Balaban J connectivity index is 2.42. The first-order valence-electron chi connectivity index (χ1n) is 5.03. The molecule has 1 unspecified atom stereocenters. The van der Waals surface area contributed by atoms with E-state index in [1.807, 2.05) is 18.2 Å². The first-order chi connectivity index (χ1) is 8.22. The van der Waals surface area contributed by atoms with E-state index in [1.165, 1.54) is 0 Å². The van der Waals surface area contributed by atoms with E-state index in [4.69, 9.17) is 29.0 Å². The minimum atomic E-state index is -0.200. The van der Waals surface area contributed by atoms with Crippen molar-refractivity contribution in [1.82, 2.24) is 10.4 Å². The zero-order chi connectivity index (χ0) is 12.3. The largest absolute Gasteiger partial charge is 0.271 e. The Morgan fingerprint density at radius 3 is 2.65 bits per heavy atom. The second-order valence-electron chi connectivity index (χ2n) is 3.55. The van der Waals surface area contributed by atoms with Gasteiger partial charge in [0.1, 0.15) is 0 Å². The fraction of sp³-hybridized carbons (Fsp3) is 0.0833. The molecule has 1 heterocycles. The van der Waals surface area contributed by atoms with Crippen molar-refractivity contribution in [3.05, 3.63) is 63.9 Å². The molecule has 0 bridgehead atoms. The molecule has 1 atom stereocenters. The summed E-state index contributed by atoms with van der Waals surface area (Å²) in [7, 11) is 0. The Morgan fingerprint density at radius 1 is 1.24 bits per heavy atom. The zero-order valence-corrected chi connectivity index (χ0v) is 10.4. The summed E-state index contributed by atoms with van der Waals surface area (Å²) < 4.78 is 0. The Kier molecular flexibility index (Phi) is 3.97. The second kappa shape index (κ2) is 5.47. The molecule has 3 N–H and O–H groups in total. The van der Waals surface area contributed by atoms with Gasteiger partial charge in [-0.15, -0.1) is 0 Å². The number of nitrogens with two attached hydrogens (primary N) is 1. The average molecular weight is 268 g/mol. The van der Waals surface area contributed by atoms with Crippen LogP contribution in [0.5, 0.6) is 0 Å². The topological polar surface area (TPSA) is 50.9 Å². The quantitative estimate of drug-likeness (QED) is 0.664. The maximum atomic E-state index is 6.15. The van der Waals surface area contributed by atoms with E-state index in [1.54, 1.807) is 24.5 Å². The lowest BCUT2D eigenvalue weighted by atomic mass is 10.0. The highest BCUT2D eigenvalue weighted by atomic mass is 35.5. The minimum absolute atomic E-state index is 0.200. The summed E-state index contributed by atoms with van der Waals surface area (Å²) in [6.45, 7) is 0. The normalized spacial score (nSPS) is 12.4. The number of halogens is 2. The number of hydrazine groups is 1. The van der Waals surface area contributed by atoms with Crippen molar-refractivity contribution in [1.29, 1.82) is 0 Å². The van der Waals surface area contributed by atoms with Crippen molar-refractivity contribution in [2.75, 3.05) is 0 Å². The van der Waals surface area contributed by atoms with Crippen LogP contribution in [0.15, 0.2) is 42.7 Å². The number of rotatable bonds is 3. The van der Waals surface area contributed by atoms with Crippen molar-refractivity contribution in [2.24, 2.45) is 5.84 Å². The third kappa shape index (κ3) is 2.76. The van der Waals surface area contributed by atoms with Crippen LogP contribution >= 0.6 is 23.2 Å². The first kappa shape index (κ1) is 12.3. The summed E-state index contributed by atoms with van der Waals surface area (Å²) in [5, 5.41) is 1.17. The van der Waals surface area contributed by atoms with E-state index < -0.39 is 0 Å². The highest BCUT2D eigenvalue weighted by Crippen LogP contribution is 2.29. The molecule has 17 heavy (non-hydrogen) atoms. The number of hydrogen-bond donors (Lipinski definition) is 2. The van der Waals surface area contributed by atoms with Gasteiger partial charge in [-0.25, -0.2) is 5.43 Å². The number of nitrogens with one attached hydrogen (secondary N) is 1. The molecule has 1 aromatic carbocycles. The lowest BCUT2D eigenvalue weighted by Crippen LogP contribution is -2.29. The SMILES string of the molecule is NNC(c1cccnc1)c1ccc(Cl)cc1Cl. The lowest BCUT2D eigenvalue weighted by molar-refractivity contribution is 0.635. The van der Waals surface area contributed by atoms with E-state index in [0.717, 1.165) is 11.1 Å². The molecular weight excluding hydrogens is 257 g/mol. The van der Waals surface area contributed by atoms with Gasteiger partial charge in [0.05, 0.1) is 6.04 Å². The molecule has 2 rings (SSSR count). The molecule has 0 amide bonds. The van der Waals surface area contributed by atoms with Crippen molar-refractivity contribution >= 4 is 23.2 Å². The molecule has 88 valence electrons. The third-order valence-corrected chi connectivity index (χ3v) is 3.02. The van der Waals surface area contributed by atoms with Gasteiger partial charge in [0.2, 0.25) is 0 Å². The van der Waals surface area contributed by atoms with Crippen molar-refractivity contribution in [3.8, 4) is 0 Å². The first-order valence-corrected chi connectivity index (χ1v) is 5.79. The Bertz CT molecular complexity index is 502. The monoisotopic (exact) mass is 267 g/mol. The molecule has 5 heteroatoms. The van der Waals surface area contributed by atoms with Crippen molar-refractivity contribution in [3.63, 3.8) is 0 Å². The Morgan fingerprint density at radius 2 is 2.06 bits per heavy atom. The lowest BCUT2D eigenvalue weighted by Gasteiger charge is -2.17. The molecule has 0 radical (unpaired) electrons. The van der Waals surface area contributed by atoms with E-state index in [-0.39, 0.29) is 6.04 Å². The number of nitrogens with zero attached hydrogens (tertiary/aromatic N) is 1. The van der Waals surface area contributed by atoms with Crippen molar-refractivity contribution < 1.29 is 0 Å². The Labute approximate surface area is 110 Å². The standard InChI is InChI=1S/C12H11Cl2N3/c13-9-3-4-10(11(14)6-9)12(17-15)8-2-1-5-16-7-8/h1-7,12,17H,15H2. The molecule has 3 nitrogen and oxygen atoms in total. The highest BCUT2D eigenvalue weighted by Gasteiger charge is 2.15. The molecule has 0 aliphatic rings. The molecule has 1 aromatic heterocycles. The minimum Gasteiger partial charge on any atom is -0.271 e. The molecule has 0 aliphatic heterocycles. The molecule has 0 saturated carbocycles. The van der Waals surface area contributed by atoms with Gasteiger partial charge in [0, 0.05) is 22.4 Å². The summed E-state index contributed by atoms with van der Waals surface area (Å²) in [6, 6.07) is 8.91. The molecule has 0 spiro atoms. The van der Waals surface area contributed by atoms with Gasteiger partial charge < -0.3 is 0 Å². The number of benzene rings is 1. The molecular formula is C12H11Cl2N3. The average Bonchev–Trinajstić information content (AvgIpc) is 2.34. The van der Waals surface area contributed by atoms with Gasteiger partial charge in [0.15, 0.2) is 0 Å². The molecule has 0 saturated heterocycles. The predicted octanol–water partition coefficient (Wildman–Crippen LogP) is 2.94. The van der Waals surface area contributed by atoms with Crippen LogP contribution in [0.1, 0.15) is 17.2 Å². The van der Waals surface area contributed by atoms with E-state index in [9.17, 15) is 0 Å². The maximum Gasteiger partial charge on any atom is 0.0739 e. The Hall–Kier alpha value is -1.13. The van der Waals surface area contributed by atoms with Crippen LogP contribution in [0.3, 0.4) is 0 Å². The van der Waals surface area contributed by atoms with Gasteiger partial charge in [0.25, 0.3) is 0 Å². The number of hydrogen-bond acceptors (Lipinski definition) is 3. The zero-order valence-electron chi connectivity index (χ0n) is 8.90. The van der Waals surface area contributed by atoms with Crippen LogP contribution in [0.2, 0.25) is 10.0 Å². The summed E-state index contributed by atoms with van der Waals surface area (Å²) in [5.74, 6) is 5.57. The van der Waals surface area contributed by atoms with E-state index >= 15 is 0 Å². The van der Waals surface area contributed by atoms with Gasteiger partial charge >= 0.3 is 0 Å². The summed E-state index contributed by atoms with van der Waals surface area (Å²) in [6.07, 6.45) is 3.45. The summed E-state index contributed by atoms with van der Waals surface area (Å²) in [4.78, 5) is 4.06. The maximum absolute atomic E-state index is 6.15. The third-order valence-electron chi connectivity index (χ3n) is 2.46. The van der Waals surface area contributed by atoms with Crippen LogP contribution in [0.4, 0.5) is 0 Å². The van der Waals surface area contributed by atoms with Gasteiger partial charge in [-0.2, -0.15) is 0 Å². The van der Waals surface area contributed by atoms with Gasteiger partial charge in [-0.05, 0) is 29.3 Å². The van der Waals surface area contributed by atoms with E-state index in [0.29, 0.717) is 10.0 Å². The van der Waals surface area contributed by atoms with Crippen LogP contribution in [-0.2, 0) is 0 Å². The van der Waals surface area contributed by atoms with Crippen LogP contribution in [0, 0.1) is 0 Å². The van der Waals surface area contributed by atoms with Crippen molar-refractivity contribution in [2.45, 2.75) is 6.04 Å². The second-order valence-corrected chi connectivity index (χ2v) is 4.40. The fourth-order valence-electron chi connectivity index (χ4n) is 1.65. The van der Waals surface area contributed by atoms with E-state index in [2.05, 4.69) is 10.4 Å². The smallest absolute Gasteiger partial charge is 0.0739 e. The molecule has 0 fully saturated rings. The predicted molar refractivity (Wildman–Crippen MR) is 69.9 cm³/mol. The fourth-order valence-corrected chi connectivity index (χ4v) is 2.17. The summed E-state index contributed by atoms with van der Waals surface area (Å²) in [5.41, 5.74) is 4.54. The number of pyridine rings is 1. The number of aromatic nitrogens is 1. The summed E-state index contributed by atoms with van der Waals surface area (Å²) >= 11 is 12.0. The van der Waals surface area contributed by atoms with Gasteiger partial charge in [-0.1, -0.05) is 35.3 Å². The molecule has 0 aliphatic carbocycles. The van der Waals surface area contributed by atoms with Crippen LogP contribution in [-0.4, -0.2) is 4.98 Å².